The van der Waals surface area contributed by atoms with E-state index in [2.05, 4.69) is 59.3 Å². The Morgan fingerprint density at radius 3 is 2.24 bits per heavy atom. The summed E-state index contributed by atoms with van der Waals surface area (Å²) in [5.74, 6) is -0.0270. The molecular formula is C29H23BrN2O. The average molecular weight is 495 g/mol. The number of hydrogen-bond donors (Lipinski definition) is 0. The highest BCUT2D eigenvalue weighted by Gasteiger charge is 2.33. The summed E-state index contributed by atoms with van der Waals surface area (Å²) in [6.45, 7) is 2.08. The molecule has 4 heteroatoms. The highest BCUT2D eigenvalue weighted by molar-refractivity contribution is 9.10. The first kappa shape index (κ1) is 21.4. The number of rotatable bonds is 3. The fourth-order valence-corrected chi connectivity index (χ4v) is 4.51. The summed E-state index contributed by atoms with van der Waals surface area (Å²) >= 11 is 3.53. The SMILES string of the molecule is Cc1ccc(C2CC(c3ccc(Br)cc3)=Nc3ccccc3N2C(=O)c2ccccc2)cc1. The first-order chi connectivity index (χ1) is 16.1. The van der Waals surface area contributed by atoms with Crippen molar-refractivity contribution in [2.24, 2.45) is 4.99 Å². The number of carbonyl (C=O) groups is 1. The van der Waals surface area contributed by atoms with Crippen LogP contribution in [-0.2, 0) is 0 Å². The van der Waals surface area contributed by atoms with Crippen molar-refractivity contribution in [1.82, 2.24) is 0 Å². The van der Waals surface area contributed by atoms with Crippen LogP contribution in [0.2, 0.25) is 0 Å². The zero-order valence-electron chi connectivity index (χ0n) is 18.3. The van der Waals surface area contributed by atoms with E-state index in [0.717, 1.165) is 32.7 Å². The monoisotopic (exact) mass is 494 g/mol. The van der Waals surface area contributed by atoms with Gasteiger partial charge in [0.15, 0.2) is 0 Å². The van der Waals surface area contributed by atoms with Gasteiger partial charge in [0.1, 0.15) is 0 Å². The third-order valence-corrected chi connectivity index (χ3v) is 6.50. The van der Waals surface area contributed by atoms with E-state index in [1.165, 1.54) is 5.56 Å². The van der Waals surface area contributed by atoms with Crippen LogP contribution >= 0.6 is 15.9 Å². The Morgan fingerprint density at radius 2 is 1.52 bits per heavy atom. The Bertz CT molecular complexity index is 1310. The molecule has 3 nitrogen and oxygen atoms in total. The van der Waals surface area contributed by atoms with Crippen LogP contribution in [0.4, 0.5) is 11.4 Å². The Kier molecular flexibility index (Phi) is 5.93. The molecular weight excluding hydrogens is 472 g/mol. The number of benzene rings is 4. The van der Waals surface area contributed by atoms with Crippen molar-refractivity contribution in [2.75, 3.05) is 4.90 Å². The van der Waals surface area contributed by atoms with Crippen molar-refractivity contribution in [3.8, 4) is 0 Å². The van der Waals surface area contributed by atoms with Crippen molar-refractivity contribution in [2.45, 2.75) is 19.4 Å². The third kappa shape index (κ3) is 4.39. The summed E-state index contributed by atoms with van der Waals surface area (Å²) in [7, 11) is 0. The van der Waals surface area contributed by atoms with E-state index in [4.69, 9.17) is 4.99 Å². The number of fused-ring (bicyclic) bond motifs is 1. The molecule has 1 amide bonds. The van der Waals surface area contributed by atoms with Gasteiger partial charge in [-0.25, -0.2) is 0 Å². The predicted molar refractivity (Wildman–Crippen MR) is 139 cm³/mol. The number of halogens is 1. The molecule has 1 heterocycles. The lowest BCUT2D eigenvalue weighted by molar-refractivity contribution is 0.0977. The summed E-state index contributed by atoms with van der Waals surface area (Å²) < 4.78 is 1.02. The minimum atomic E-state index is -0.190. The van der Waals surface area contributed by atoms with Crippen LogP contribution in [0, 0.1) is 6.92 Å². The second kappa shape index (κ2) is 9.16. The van der Waals surface area contributed by atoms with Gasteiger partial charge in [0.25, 0.3) is 5.91 Å². The summed E-state index contributed by atoms with van der Waals surface area (Å²) in [6.07, 6.45) is 0.609. The maximum absolute atomic E-state index is 13.9. The molecule has 5 rings (SSSR count). The molecule has 1 unspecified atom stereocenters. The van der Waals surface area contributed by atoms with Crippen LogP contribution in [0.5, 0.6) is 0 Å². The van der Waals surface area contributed by atoms with E-state index in [0.29, 0.717) is 12.0 Å². The molecule has 33 heavy (non-hydrogen) atoms. The zero-order chi connectivity index (χ0) is 22.8. The van der Waals surface area contributed by atoms with Crippen molar-refractivity contribution >= 4 is 38.9 Å². The molecule has 0 saturated carbocycles. The second-order valence-electron chi connectivity index (χ2n) is 8.23. The number of hydrogen-bond acceptors (Lipinski definition) is 2. The van der Waals surface area contributed by atoms with Crippen LogP contribution < -0.4 is 4.90 Å². The summed E-state index contributed by atoms with van der Waals surface area (Å²) in [5, 5.41) is 0. The van der Waals surface area contributed by atoms with Crippen molar-refractivity contribution in [1.29, 1.82) is 0 Å². The van der Waals surface area contributed by atoms with Gasteiger partial charge in [-0.05, 0) is 54.4 Å². The second-order valence-corrected chi connectivity index (χ2v) is 9.14. The Labute approximate surface area is 202 Å². The van der Waals surface area contributed by atoms with Gasteiger partial charge in [0, 0.05) is 16.5 Å². The Balaban J connectivity index is 1.70. The van der Waals surface area contributed by atoms with E-state index in [1.54, 1.807) is 0 Å². The van der Waals surface area contributed by atoms with E-state index in [9.17, 15) is 4.79 Å². The van der Waals surface area contributed by atoms with Crippen LogP contribution in [-0.4, -0.2) is 11.6 Å². The van der Waals surface area contributed by atoms with Gasteiger partial charge in [-0.3, -0.25) is 14.7 Å². The van der Waals surface area contributed by atoms with Crippen molar-refractivity contribution in [3.63, 3.8) is 0 Å². The first-order valence-corrected chi connectivity index (χ1v) is 11.8. The third-order valence-electron chi connectivity index (χ3n) is 5.97. The maximum atomic E-state index is 13.9. The van der Waals surface area contributed by atoms with Gasteiger partial charge in [-0.2, -0.15) is 0 Å². The first-order valence-electron chi connectivity index (χ1n) is 11.0. The topological polar surface area (TPSA) is 32.7 Å². The lowest BCUT2D eigenvalue weighted by Crippen LogP contribution is -2.35. The summed E-state index contributed by atoms with van der Waals surface area (Å²) in [5.41, 5.74) is 6.58. The molecule has 0 aliphatic carbocycles. The fraction of sp³-hybridized carbons (Fsp3) is 0.103. The van der Waals surface area contributed by atoms with Gasteiger partial charge in [0.05, 0.1) is 23.1 Å². The minimum Gasteiger partial charge on any atom is -0.298 e. The smallest absolute Gasteiger partial charge is 0.258 e. The minimum absolute atomic E-state index is 0.0270. The molecule has 1 atom stereocenters. The highest BCUT2D eigenvalue weighted by Crippen LogP contribution is 2.41. The molecule has 0 fully saturated rings. The molecule has 1 aliphatic rings. The number of aryl methyl sites for hydroxylation is 1. The maximum Gasteiger partial charge on any atom is 0.258 e. The van der Waals surface area contributed by atoms with E-state index in [-0.39, 0.29) is 11.9 Å². The number of aliphatic imine (C=N–C) groups is 1. The van der Waals surface area contributed by atoms with Crippen molar-refractivity contribution < 1.29 is 4.79 Å². The molecule has 4 aromatic carbocycles. The van der Waals surface area contributed by atoms with Gasteiger partial charge in [0.2, 0.25) is 0 Å². The molecule has 0 bridgehead atoms. The van der Waals surface area contributed by atoms with Crippen molar-refractivity contribution in [3.05, 3.63) is 130 Å². The standard InChI is InChI=1S/C29H23BrN2O/c1-20-11-13-22(14-12-20)28-19-26(21-15-17-24(30)18-16-21)31-25-9-5-6-10-27(25)32(28)29(33)23-7-3-2-4-8-23/h2-18,28H,19H2,1H3. The molecule has 0 N–H and O–H groups in total. The van der Waals surface area contributed by atoms with E-state index < -0.39 is 0 Å². The normalized spacial score (nSPS) is 15.4. The predicted octanol–water partition coefficient (Wildman–Crippen LogP) is 7.67. The number of para-hydroxylation sites is 2. The van der Waals surface area contributed by atoms with Crippen LogP contribution in [0.3, 0.4) is 0 Å². The molecule has 0 radical (unpaired) electrons. The van der Waals surface area contributed by atoms with E-state index >= 15 is 0 Å². The number of anilines is 1. The van der Waals surface area contributed by atoms with Gasteiger partial charge < -0.3 is 0 Å². The van der Waals surface area contributed by atoms with Gasteiger partial charge in [-0.15, -0.1) is 0 Å². The fourth-order valence-electron chi connectivity index (χ4n) is 4.25. The molecule has 0 aromatic heterocycles. The Hall–Kier alpha value is -3.50. The van der Waals surface area contributed by atoms with Crippen LogP contribution in [0.15, 0.2) is 113 Å². The summed E-state index contributed by atoms with van der Waals surface area (Å²) in [4.78, 5) is 20.9. The van der Waals surface area contributed by atoms with Crippen LogP contribution in [0.25, 0.3) is 0 Å². The number of nitrogens with zero attached hydrogens (tertiary/aromatic N) is 2. The highest BCUT2D eigenvalue weighted by atomic mass is 79.9. The molecule has 162 valence electrons. The van der Waals surface area contributed by atoms with Gasteiger partial charge >= 0.3 is 0 Å². The largest absolute Gasteiger partial charge is 0.298 e. The number of amides is 1. The van der Waals surface area contributed by atoms with Gasteiger partial charge in [-0.1, -0.05) is 88.2 Å². The molecule has 4 aromatic rings. The lowest BCUT2D eigenvalue weighted by Gasteiger charge is -2.32. The zero-order valence-corrected chi connectivity index (χ0v) is 19.9. The van der Waals surface area contributed by atoms with Crippen LogP contribution in [0.1, 0.15) is 39.5 Å². The Morgan fingerprint density at radius 1 is 0.848 bits per heavy atom. The summed E-state index contributed by atoms with van der Waals surface area (Å²) in [6, 6.07) is 33.9. The van der Waals surface area contributed by atoms with E-state index in [1.807, 2.05) is 71.6 Å². The molecule has 0 saturated heterocycles. The lowest BCUT2D eigenvalue weighted by atomic mass is 9.94. The molecule has 1 aliphatic heterocycles. The quantitative estimate of drug-likeness (QED) is 0.287. The molecule has 0 spiro atoms. The number of carbonyl (C=O) groups excluding carboxylic acids is 1. The average Bonchev–Trinajstić information content (AvgIpc) is 3.02.